The summed E-state index contributed by atoms with van der Waals surface area (Å²) in [7, 11) is 1.66. The quantitative estimate of drug-likeness (QED) is 0.232. The van der Waals surface area contributed by atoms with E-state index in [1.807, 2.05) is 35.6 Å². The summed E-state index contributed by atoms with van der Waals surface area (Å²) >= 11 is 0. The number of imidazole rings is 1. The van der Waals surface area contributed by atoms with Crippen molar-refractivity contribution in [3.8, 4) is 11.8 Å². The average Bonchev–Trinajstić information content (AvgIpc) is 3.38. The molecule has 1 saturated carbocycles. The minimum Gasteiger partial charge on any atom is -0.483 e. The number of nitrogens with two attached hydrogens (primary N) is 1. The highest BCUT2D eigenvalue weighted by Gasteiger charge is 2.36. The van der Waals surface area contributed by atoms with Gasteiger partial charge in [0, 0.05) is 37.7 Å². The van der Waals surface area contributed by atoms with E-state index in [0.717, 1.165) is 39.5 Å². The van der Waals surface area contributed by atoms with E-state index in [-0.39, 0.29) is 24.5 Å². The van der Waals surface area contributed by atoms with Gasteiger partial charge in [-0.2, -0.15) is 0 Å². The molecule has 2 fully saturated rings. The number of hydrogen-bond acceptors (Lipinski definition) is 6. The zero-order valence-corrected chi connectivity index (χ0v) is 21.7. The van der Waals surface area contributed by atoms with Gasteiger partial charge in [-0.05, 0) is 49.6 Å². The first-order valence-corrected chi connectivity index (χ1v) is 12.7. The van der Waals surface area contributed by atoms with Gasteiger partial charge in [0.2, 0.25) is 5.91 Å². The van der Waals surface area contributed by atoms with Crippen molar-refractivity contribution in [1.29, 1.82) is 0 Å². The fraction of sp³-hybridized carbons (Fsp3) is 0.310. The van der Waals surface area contributed by atoms with E-state index in [1.165, 1.54) is 18.9 Å². The normalized spacial score (nSPS) is 18.3. The summed E-state index contributed by atoms with van der Waals surface area (Å²) in [5.41, 5.74) is 11.1. The minimum absolute atomic E-state index is 0.0150. The molecule has 1 saturated heterocycles. The van der Waals surface area contributed by atoms with Gasteiger partial charge >= 0.3 is 0 Å². The van der Waals surface area contributed by atoms with E-state index in [2.05, 4.69) is 43.6 Å². The Morgan fingerprint density at radius 3 is 2.72 bits per heavy atom. The lowest BCUT2D eigenvalue weighted by Gasteiger charge is -2.22. The van der Waals surface area contributed by atoms with Crippen molar-refractivity contribution in [2.75, 3.05) is 26.0 Å². The molecule has 0 spiro atoms. The minimum atomic E-state index is -0.250. The molecule has 200 valence electrons. The van der Waals surface area contributed by atoms with Gasteiger partial charge < -0.3 is 29.6 Å². The molecule has 1 aromatic carbocycles. The van der Waals surface area contributed by atoms with Crippen LogP contribution in [0.3, 0.4) is 0 Å². The van der Waals surface area contributed by atoms with E-state index in [1.54, 1.807) is 13.3 Å². The summed E-state index contributed by atoms with van der Waals surface area (Å²) in [6.07, 6.45) is 10.3. The van der Waals surface area contributed by atoms with Gasteiger partial charge in [0.05, 0.1) is 52.5 Å². The molecule has 6 rings (SSSR count). The Hall–Kier alpha value is -4.62. The van der Waals surface area contributed by atoms with Crippen molar-refractivity contribution >= 4 is 40.1 Å². The largest absolute Gasteiger partial charge is 0.483 e. The number of carbonyl (C=O) groups is 2. The topological polar surface area (TPSA) is 128 Å². The Morgan fingerprint density at radius 2 is 2.00 bits per heavy atom. The molecule has 10 nitrogen and oxygen atoms in total. The number of pyridine rings is 1. The molecule has 2 aliphatic rings. The number of anilines is 1. The van der Waals surface area contributed by atoms with Crippen molar-refractivity contribution in [2.24, 2.45) is 0 Å². The molecule has 3 N–H and O–H groups in total. The summed E-state index contributed by atoms with van der Waals surface area (Å²) in [6, 6.07) is 8.77. The van der Waals surface area contributed by atoms with Crippen molar-refractivity contribution < 1.29 is 19.4 Å². The van der Waals surface area contributed by atoms with Crippen molar-refractivity contribution in [1.82, 2.24) is 24.0 Å². The number of ether oxygens (including phenoxy) is 1. The van der Waals surface area contributed by atoms with Crippen molar-refractivity contribution in [3.05, 3.63) is 66.8 Å². The van der Waals surface area contributed by atoms with Gasteiger partial charge in [0.1, 0.15) is 5.82 Å². The predicted molar refractivity (Wildman–Crippen MR) is 148 cm³/mol. The van der Waals surface area contributed by atoms with Crippen LogP contribution in [0.15, 0.2) is 55.6 Å². The van der Waals surface area contributed by atoms with Crippen LogP contribution in [0, 0.1) is 11.8 Å². The zero-order valence-electron chi connectivity index (χ0n) is 21.7. The second-order valence-corrected chi connectivity index (χ2v) is 9.68. The van der Waals surface area contributed by atoms with Crippen LogP contribution < -0.4 is 5.73 Å². The molecule has 1 aliphatic heterocycles. The molecule has 0 radical (unpaired) electrons. The molecule has 10 heteroatoms. The number of benzene rings is 1. The van der Waals surface area contributed by atoms with Gasteiger partial charge in [-0.15, -0.1) is 0 Å². The number of aromatic nitrogens is 4. The van der Waals surface area contributed by atoms with Crippen LogP contribution in [0.5, 0.6) is 0 Å². The number of likely N-dealkylation sites (tertiary alicyclic amines) is 1. The maximum absolute atomic E-state index is 12.5. The fourth-order valence-electron chi connectivity index (χ4n) is 5.35. The van der Waals surface area contributed by atoms with Crippen LogP contribution in [-0.2, 0) is 14.3 Å². The number of nitrogens with zero attached hydrogens (tertiary/aromatic N) is 5. The average molecular weight is 527 g/mol. The maximum Gasteiger partial charge on any atom is 0.290 e. The lowest BCUT2D eigenvalue weighted by Crippen LogP contribution is -2.37. The second kappa shape index (κ2) is 11.0. The first kappa shape index (κ1) is 26.0. The van der Waals surface area contributed by atoms with Crippen LogP contribution in [0.2, 0.25) is 0 Å². The molecular formula is C29H30N6O4. The Kier molecular flexibility index (Phi) is 7.34. The summed E-state index contributed by atoms with van der Waals surface area (Å²) in [6.45, 7) is 4.45. The zero-order chi connectivity index (χ0) is 27.5. The second-order valence-electron chi connectivity index (χ2n) is 9.68. The third-order valence-corrected chi connectivity index (χ3v) is 7.23. The Labute approximate surface area is 225 Å². The summed E-state index contributed by atoms with van der Waals surface area (Å²) < 4.78 is 9.82. The Bertz CT molecular complexity index is 1610. The van der Waals surface area contributed by atoms with Crippen molar-refractivity contribution in [2.45, 2.75) is 37.4 Å². The molecule has 0 unspecified atom stereocenters. The smallest absolute Gasteiger partial charge is 0.290 e. The van der Waals surface area contributed by atoms with E-state index < -0.39 is 0 Å². The van der Waals surface area contributed by atoms with Crippen LogP contribution in [-0.4, -0.2) is 67.8 Å². The summed E-state index contributed by atoms with van der Waals surface area (Å²) in [5, 5.41) is 7.72. The predicted octanol–water partition coefficient (Wildman–Crippen LogP) is 3.38. The number of hydrogen-bond donors (Lipinski definition) is 2. The summed E-state index contributed by atoms with van der Waals surface area (Å²) in [5.74, 6) is 6.99. The molecule has 3 aromatic heterocycles. The van der Waals surface area contributed by atoms with Gasteiger partial charge in [-0.1, -0.05) is 18.4 Å². The molecule has 1 amide bonds. The van der Waals surface area contributed by atoms with Gasteiger partial charge in [0.25, 0.3) is 6.47 Å². The molecule has 39 heavy (non-hydrogen) atoms. The van der Waals surface area contributed by atoms with E-state index in [4.69, 9.17) is 20.4 Å². The number of carbonyl (C=O) groups excluding carboxylic acids is 1. The summed E-state index contributed by atoms with van der Waals surface area (Å²) in [4.78, 5) is 31.6. The highest BCUT2D eigenvalue weighted by Crippen LogP contribution is 2.37. The van der Waals surface area contributed by atoms with Crippen LogP contribution in [0.1, 0.15) is 42.5 Å². The Balaban J connectivity index is 0.000000983. The highest BCUT2D eigenvalue weighted by atomic mass is 16.5. The van der Waals surface area contributed by atoms with E-state index >= 15 is 0 Å². The molecule has 2 atom stereocenters. The maximum atomic E-state index is 12.5. The van der Waals surface area contributed by atoms with Gasteiger partial charge in [0.15, 0.2) is 0 Å². The first-order valence-electron chi connectivity index (χ1n) is 12.7. The van der Waals surface area contributed by atoms with Crippen LogP contribution in [0.25, 0.3) is 21.9 Å². The lowest BCUT2D eigenvalue weighted by atomic mass is 10.1. The molecular weight excluding hydrogens is 496 g/mol. The Morgan fingerprint density at radius 1 is 1.21 bits per heavy atom. The number of carboxylic acid groups (broad SMARTS) is 1. The van der Waals surface area contributed by atoms with E-state index in [0.29, 0.717) is 25.0 Å². The number of nitrogen functional groups attached to an aromatic ring is 1. The number of fused-ring (bicyclic) bond motifs is 2. The third-order valence-electron chi connectivity index (χ3n) is 7.23. The van der Waals surface area contributed by atoms with E-state index in [9.17, 15) is 4.79 Å². The van der Waals surface area contributed by atoms with Gasteiger partial charge in [-0.3, -0.25) is 9.59 Å². The third kappa shape index (κ3) is 5.09. The SMILES string of the molecule is C=CC(=O)N1C[C@@H](n2cc(C#Cc3ccc4c(c3)ncn4C3CC3)c3c(N)nccc32)C[C@@H]1COC.O=CO. The standard InChI is InChI=1S/C28H28N6O2.CH2O2/c1-3-26(35)33-15-21(13-22(33)16-36-2)32-14-19(27-25(32)10-11-30-28(27)29)6-4-18-5-9-24-23(12-18)31-17-34(24)20-7-8-20;2-1-3/h3,5,9-12,14,17,20-22H,1,7-8,13,15-16H2,2H3,(H2,29,30);1H,(H,2,3)/t21-,22+;/m0./s1. The highest BCUT2D eigenvalue weighted by molar-refractivity contribution is 5.95. The first-order chi connectivity index (χ1) is 19.0. The van der Waals surface area contributed by atoms with Crippen molar-refractivity contribution in [3.63, 3.8) is 0 Å². The monoisotopic (exact) mass is 526 g/mol. The van der Waals surface area contributed by atoms with Crippen LogP contribution in [0.4, 0.5) is 5.82 Å². The number of rotatable bonds is 5. The van der Waals surface area contributed by atoms with Gasteiger partial charge in [-0.25, -0.2) is 9.97 Å². The lowest BCUT2D eigenvalue weighted by molar-refractivity contribution is -0.127. The molecule has 4 aromatic rings. The number of methoxy groups -OCH3 is 1. The fourth-order valence-corrected chi connectivity index (χ4v) is 5.35. The molecule has 1 aliphatic carbocycles. The van der Waals surface area contributed by atoms with Crippen LogP contribution >= 0.6 is 0 Å². The molecule has 0 bridgehead atoms. The molecule has 4 heterocycles. The number of amides is 1.